The summed E-state index contributed by atoms with van der Waals surface area (Å²) in [4.78, 5) is 37.4. The Balaban J connectivity index is 0.000000782. The minimum absolute atomic E-state index is 0.0984. The molecule has 0 aromatic heterocycles. The maximum Gasteiger partial charge on any atom is 0.490 e. The first-order chi connectivity index (χ1) is 19.7. The van der Waals surface area contributed by atoms with Crippen LogP contribution in [0, 0.1) is 10.1 Å². The van der Waals surface area contributed by atoms with Gasteiger partial charge in [0.05, 0.1) is 24.6 Å². The highest BCUT2D eigenvalue weighted by Gasteiger charge is 2.38. The molecular weight excluding hydrogens is 587 g/mol. The summed E-state index contributed by atoms with van der Waals surface area (Å²) in [7, 11) is -0.945. The molecule has 0 atom stereocenters. The quantitative estimate of drug-likeness (QED) is 0.181. The van der Waals surface area contributed by atoms with Crippen molar-refractivity contribution in [2.24, 2.45) is 4.99 Å². The SMILES string of the molecule is COc1ccc(S(=O)(=O)CNCCC(=O)N(C)CCc2ccc(C3=NCCN3)cc2)c([N+](=O)[O-])c1.O=C(O)C(F)(F)F. The number of sulfone groups is 1. The molecule has 17 heteroatoms. The Kier molecular flexibility index (Phi) is 12.2. The monoisotopic (exact) mass is 617 g/mol. The van der Waals surface area contributed by atoms with Crippen LogP contribution in [0.1, 0.15) is 17.5 Å². The predicted molar refractivity (Wildman–Crippen MR) is 145 cm³/mol. The van der Waals surface area contributed by atoms with E-state index in [-0.39, 0.29) is 24.6 Å². The van der Waals surface area contributed by atoms with Crippen LogP contribution in [0.15, 0.2) is 52.4 Å². The lowest BCUT2D eigenvalue weighted by atomic mass is 10.1. The van der Waals surface area contributed by atoms with E-state index < -0.39 is 43.4 Å². The number of nitro groups is 1. The fourth-order valence-corrected chi connectivity index (χ4v) is 4.84. The Bertz CT molecular complexity index is 1400. The Morgan fingerprint density at radius 3 is 2.38 bits per heavy atom. The summed E-state index contributed by atoms with van der Waals surface area (Å²) >= 11 is 0. The van der Waals surface area contributed by atoms with Crippen LogP contribution in [0.4, 0.5) is 18.9 Å². The van der Waals surface area contributed by atoms with Gasteiger partial charge in [-0.1, -0.05) is 24.3 Å². The molecule has 1 aliphatic rings. The molecule has 1 amide bonds. The normalized spacial score (nSPS) is 12.8. The summed E-state index contributed by atoms with van der Waals surface area (Å²) in [6.45, 7) is 2.28. The van der Waals surface area contributed by atoms with E-state index in [0.717, 1.165) is 42.2 Å². The summed E-state index contributed by atoms with van der Waals surface area (Å²) < 4.78 is 61.8. The Morgan fingerprint density at radius 2 is 1.86 bits per heavy atom. The first kappa shape index (κ1) is 34.0. The standard InChI is InChI=1S/C23H29N5O6S.C2HF3O2/c1-27(14-10-17-3-5-18(6-4-17)23-25-12-13-26-23)22(29)9-11-24-16-35(32,33)21-8-7-19(34-2)15-20(21)28(30)31;3-2(4,5)1(6)7/h3-8,15,24H,9-14,16H2,1-2H3,(H,25,26);(H,6,7). The molecule has 0 saturated heterocycles. The Morgan fingerprint density at radius 1 is 1.21 bits per heavy atom. The number of carbonyl (C=O) groups excluding carboxylic acids is 1. The van der Waals surface area contributed by atoms with Crippen molar-refractivity contribution in [1.82, 2.24) is 15.5 Å². The number of aliphatic carboxylic acids is 1. The number of amidine groups is 1. The van der Waals surface area contributed by atoms with Gasteiger partial charge in [-0.25, -0.2) is 13.2 Å². The molecule has 0 radical (unpaired) electrons. The van der Waals surface area contributed by atoms with Crippen molar-refractivity contribution in [1.29, 1.82) is 0 Å². The molecule has 13 nitrogen and oxygen atoms in total. The second-order valence-electron chi connectivity index (χ2n) is 8.82. The van der Waals surface area contributed by atoms with Crippen molar-refractivity contribution in [3.05, 3.63) is 63.7 Å². The minimum Gasteiger partial charge on any atom is -0.497 e. The second kappa shape index (κ2) is 15.1. The number of nitrogens with one attached hydrogen (secondary N) is 2. The summed E-state index contributed by atoms with van der Waals surface area (Å²) in [6, 6.07) is 11.6. The Labute approximate surface area is 239 Å². The number of carbonyl (C=O) groups is 2. The molecule has 0 fully saturated rings. The lowest BCUT2D eigenvalue weighted by Gasteiger charge is -2.17. The first-order valence-corrected chi connectivity index (χ1v) is 14.0. The van der Waals surface area contributed by atoms with E-state index in [2.05, 4.69) is 15.6 Å². The topological polar surface area (TPSA) is 181 Å². The molecular formula is C25H30F3N5O8S. The number of halogens is 3. The third-order valence-electron chi connectivity index (χ3n) is 5.81. The van der Waals surface area contributed by atoms with Crippen LogP contribution in [0.25, 0.3) is 0 Å². The largest absolute Gasteiger partial charge is 0.497 e. The molecule has 2 aromatic rings. The van der Waals surface area contributed by atoms with Gasteiger partial charge in [-0.3, -0.25) is 19.9 Å². The number of aliphatic imine (C=N–C) groups is 1. The molecule has 1 heterocycles. The van der Waals surface area contributed by atoms with Crippen molar-refractivity contribution in [2.45, 2.75) is 23.9 Å². The maximum absolute atomic E-state index is 12.6. The number of likely N-dealkylation sites (N-methyl/N-ethyl adjacent to an activating group) is 1. The van der Waals surface area contributed by atoms with E-state index in [1.165, 1.54) is 13.2 Å². The third kappa shape index (κ3) is 10.3. The highest BCUT2D eigenvalue weighted by atomic mass is 32.2. The van der Waals surface area contributed by atoms with Crippen LogP contribution in [-0.4, -0.2) is 93.4 Å². The number of hydrogen-bond donors (Lipinski definition) is 3. The zero-order chi connectivity index (χ0) is 31.5. The molecule has 3 N–H and O–H groups in total. The minimum atomic E-state index is -5.08. The molecule has 0 saturated carbocycles. The van der Waals surface area contributed by atoms with E-state index in [4.69, 9.17) is 14.6 Å². The van der Waals surface area contributed by atoms with Crippen molar-refractivity contribution >= 4 is 33.2 Å². The van der Waals surface area contributed by atoms with Gasteiger partial charge in [0, 0.05) is 38.7 Å². The number of hydrogen-bond acceptors (Lipinski definition) is 10. The third-order valence-corrected chi connectivity index (χ3v) is 7.41. The lowest BCUT2D eigenvalue weighted by molar-refractivity contribution is -0.387. The number of rotatable bonds is 12. The maximum atomic E-state index is 12.6. The van der Waals surface area contributed by atoms with E-state index in [0.29, 0.717) is 13.0 Å². The zero-order valence-corrected chi connectivity index (χ0v) is 23.5. The Hall–Kier alpha value is -4.25. The number of nitrogens with zero attached hydrogens (tertiary/aromatic N) is 3. The van der Waals surface area contributed by atoms with E-state index in [9.17, 15) is 36.5 Å². The smallest absolute Gasteiger partial charge is 0.490 e. The summed E-state index contributed by atoms with van der Waals surface area (Å²) in [5, 5.41) is 24.3. The summed E-state index contributed by atoms with van der Waals surface area (Å²) in [5.74, 6) is -2.32. The van der Waals surface area contributed by atoms with Gasteiger partial charge in [0.15, 0.2) is 9.84 Å². The zero-order valence-electron chi connectivity index (χ0n) is 22.7. The molecule has 0 unspecified atom stereocenters. The average Bonchev–Trinajstić information content (AvgIpc) is 3.49. The highest BCUT2D eigenvalue weighted by Crippen LogP contribution is 2.28. The lowest BCUT2D eigenvalue weighted by Crippen LogP contribution is -2.33. The molecule has 0 bridgehead atoms. The van der Waals surface area contributed by atoms with Crippen LogP contribution in [0.3, 0.4) is 0 Å². The molecule has 2 aromatic carbocycles. The van der Waals surface area contributed by atoms with Crippen molar-refractivity contribution in [3.8, 4) is 5.75 Å². The number of nitro benzene ring substituents is 1. The number of carboxylic acid groups (broad SMARTS) is 1. The highest BCUT2D eigenvalue weighted by molar-refractivity contribution is 7.91. The van der Waals surface area contributed by atoms with Gasteiger partial charge >= 0.3 is 12.1 Å². The summed E-state index contributed by atoms with van der Waals surface area (Å²) in [6.07, 6.45) is -4.30. The fraction of sp³-hybridized carbons (Fsp3) is 0.400. The van der Waals surface area contributed by atoms with E-state index >= 15 is 0 Å². The van der Waals surface area contributed by atoms with Gasteiger partial charge in [0.2, 0.25) is 5.91 Å². The van der Waals surface area contributed by atoms with Crippen molar-refractivity contribution < 1.29 is 45.9 Å². The molecule has 0 aliphatic carbocycles. The van der Waals surface area contributed by atoms with Crippen LogP contribution < -0.4 is 15.4 Å². The van der Waals surface area contributed by atoms with Crippen LogP contribution >= 0.6 is 0 Å². The molecule has 1 aliphatic heterocycles. The van der Waals surface area contributed by atoms with Gasteiger partial charge in [-0.15, -0.1) is 0 Å². The number of amides is 1. The van der Waals surface area contributed by atoms with E-state index in [1.807, 2.05) is 24.3 Å². The molecule has 3 rings (SSSR count). The van der Waals surface area contributed by atoms with Gasteiger partial charge < -0.3 is 25.4 Å². The molecule has 0 spiro atoms. The number of methoxy groups -OCH3 is 1. The van der Waals surface area contributed by atoms with Gasteiger partial charge in [0.25, 0.3) is 5.69 Å². The second-order valence-corrected chi connectivity index (χ2v) is 10.8. The molecule has 42 heavy (non-hydrogen) atoms. The number of alkyl halides is 3. The number of carboxylic acids is 1. The van der Waals surface area contributed by atoms with Crippen molar-refractivity contribution in [3.63, 3.8) is 0 Å². The average molecular weight is 618 g/mol. The van der Waals surface area contributed by atoms with Crippen LogP contribution in [0.5, 0.6) is 5.75 Å². The number of ether oxygens (including phenoxy) is 1. The predicted octanol–water partition coefficient (Wildman–Crippen LogP) is 2.00. The van der Waals surface area contributed by atoms with Crippen molar-refractivity contribution in [2.75, 3.05) is 46.2 Å². The summed E-state index contributed by atoms with van der Waals surface area (Å²) in [5.41, 5.74) is 1.58. The van der Waals surface area contributed by atoms with Crippen LogP contribution in [-0.2, 0) is 25.8 Å². The van der Waals surface area contributed by atoms with E-state index in [1.54, 1.807) is 11.9 Å². The first-order valence-electron chi connectivity index (χ1n) is 12.3. The fourth-order valence-electron chi connectivity index (χ4n) is 3.54. The van der Waals surface area contributed by atoms with Gasteiger partial charge in [-0.05, 0) is 24.1 Å². The number of benzene rings is 2. The van der Waals surface area contributed by atoms with Crippen LogP contribution in [0.2, 0.25) is 0 Å². The van der Waals surface area contributed by atoms with Gasteiger partial charge in [0.1, 0.15) is 22.4 Å². The van der Waals surface area contributed by atoms with Gasteiger partial charge in [-0.2, -0.15) is 13.2 Å². The molecule has 230 valence electrons.